The van der Waals surface area contributed by atoms with E-state index in [1.165, 1.54) is 0 Å². The Hall–Kier alpha value is -1.03. The van der Waals surface area contributed by atoms with Crippen LogP contribution in [-0.4, -0.2) is 56.1 Å². The summed E-state index contributed by atoms with van der Waals surface area (Å²) in [6.45, 7) is 5.09. The first-order valence-corrected chi connectivity index (χ1v) is 5.41. The summed E-state index contributed by atoms with van der Waals surface area (Å²) in [7, 11) is 3.57. The molecule has 1 fully saturated rings. The zero-order chi connectivity index (χ0) is 11.3. The highest BCUT2D eigenvalue weighted by Crippen LogP contribution is 2.10. The van der Waals surface area contributed by atoms with Crippen molar-refractivity contribution in [3.05, 3.63) is 11.8 Å². The van der Waals surface area contributed by atoms with Gasteiger partial charge in [0.25, 0.3) is 5.91 Å². The maximum absolute atomic E-state index is 11.9. The second-order valence-electron chi connectivity index (χ2n) is 3.80. The predicted molar refractivity (Wildman–Crippen MR) is 59.5 cm³/mol. The van der Waals surface area contributed by atoms with Crippen LogP contribution in [-0.2, 0) is 9.53 Å². The van der Waals surface area contributed by atoms with Crippen LogP contribution in [0.15, 0.2) is 11.8 Å². The third-order valence-electron chi connectivity index (χ3n) is 2.37. The number of allylic oxidation sites excluding steroid dienone is 1. The molecule has 86 valence electrons. The zero-order valence-electron chi connectivity index (χ0n) is 9.82. The number of hydrogen-bond acceptors (Lipinski definition) is 3. The summed E-state index contributed by atoms with van der Waals surface area (Å²) >= 11 is 0. The second-order valence-corrected chi connectivity index (χ2v) is 3.80. The maximum Gasteiger partial charge on any atom is 0.269 e. The van der Waals surface area contributed by atoms with Crippen molar-refractivity contribution in [1.82, 2.24) is 9.80 Å². The molecule has 0 radical (unpaired) electrons. The standard InChI is InChI=1S/C11H20N2O2/c1-4-5-10(11(14)12(2)3)13-6-8-15-9-7-13/h5H,4,6-9H2,1-3H3. The Morgan fingerprint density at radius 3 is 2.47 bits per heavy atom. The number of amides is 1. The Morgan fingerprint density at radius 2 is 2.00 bits per heavy atom. The van der Waals surface area contributed by atoms with Gasteiger partial charge in [-0.25, -0.2) is 0 Å². The van der Waals surface area contributed by atoms with Crippen LogP contribution in [0, 0.1) is 0 Å². The highest BCUT2D eigenvalue weighted by atomic mass is 16.5. The van der Waals surface area contributed by atoms with Gasteiger partial charge >= 0.3 is 0 Å². The minimum absolute atomic E-state index is 0.0822. The van der Waals surface area contributed by atoms with Crippen LogP contribution < -0.4 is 0 Å². The molecule has 4 nitrogen and oxygen atoms in total. The zero-order valence-corrected chi connectivity index (χ0v) is 9.82. The van der Waals surface area contributed by atoms with E-state index in [4.69, 9.17) is 4.74 Å². The molecule has 4 heteroatoms. The smallest absolute Gasteiger partial charge is 0.269 e. The molecular formula is C11H20N2O2. The molecule has 1 aliphatic heterocycles. The molecule has 0 bridgehead atoms. The predicted octanol–water partition coefficient (Wildman–Crippen LogP) is 0.701. The first kappa shape index (κ1) is 12.0. The molecule has 0 aliphatic carbocycles. The van der Waals surface area contributed by atoms with Crippen LogP contribution >= 0.6 is 0 Å². The number of nitrogens with zero attached hydrogens (tertiary/aromatic N) is 2. The van der Waals surface area contributed by atoms with Gasteiger partial charge in [0.2, 0.25) is 0 Å². The number of morpholine rings is 1. The number of rotatable bonds is 3. The molecule has 1 aliphatic rings. The van der Waals surface area contributed by atoms with Crippen LogP contribution in [0.5, 0.6) is 0 Å². The quantitative estimate of drug-likeness (QED) is 0.646. The number of likely N-dealkylation sites (N-methyl/N-ethyl adjacent to an activating group) is 1. The van der Waals surface area contributed by atoms with Crippen molar-refractivity contribution in [1.29, 1.82) is 0 Å². The normalized spacial score (nSPS) is 17.8. The van der Waals surface area contributed by atoms with Gasteiger partial charge in [0.15, 0.2) is 0 Å². The van der Waals surface area contributed by atoms with E-state index in [9.17, 15) is 4.79 Å². The summed E-state index contributed by atoms with van der Waals surface area (Å²) in [6, 6.07) is 0. The SMILES string of the molecule is CCC=C(C(=O)N(C)C)N1CCOCC1. The fourth-order valence-electron chi connectivity index (χ4n) is 1.58. The minimum atomic E-state index is 0.0822. The van der Waals surface area contributed by atoms with Crippen molar-refractivity contribution in [2.75, 3.05) is 40.4 Å². The lowest BCUT2D eigenvalue weighted by molar-refractivity contribution is -0.127. The Morgan fingerprint density at radius 1 is 1.40 bits per heavy atom. The van der Waals surface area contributed by atoms with E-state index in [1.807, 2.05) is 13.0 Å². The van der Waals surface area contributed by atoms with E-state index in [0.717, 1.165) is 25.2 Å². The molecule has 0 spiro atoms. The van der Waals surface area contributed by atoms with E-state index in [0.29, 0.717) is 13.2 Å². The van der Waals surface area contributed by atoms with Gasteiger partial charge in [-0.2, -0.15) is 0 Å². The van der Waals surface area contributed by atoms with Crippen molar-refractivity contribution < 1.29 is 9.53 Å². The molecule has 0 saturated carbocycles. The van der Waals surface area contributed by atoms with E-state index in [1.54, 1.807) is 19.0 Å². The molecule has 0 aromatic rings. The van der Waals surface area contributed by atoms with Gasteiger partial charge in [-0.15, -0.1) is 0 Å². The van der Waals surface area contributed by atoms with Crippen molar-refractivity contribution in [2.24, 2.45) is 0 Å². The molecule has 0 unspecified atom stereocenters. The topological polar surface area (TPSA) is 32.8 Å². The Bertz CT molecular complexity index is 243. The highest BCUT2D eigenvalue weighted by Gasteiger charge is 2.20. The summed E-state index contributed by atoms with van der Waals surface area (Å²) in [5.41, 5.74) is 0.811. The van der Waals surface area contributed by atoms with Crippen LogP contribution in [0.4, 0.5) is 0 Å². The van der Waals surface area contributed by atoms with E-state index >= 15 is 0 Å². The molecule has 0 aromatic heterocycles. The van der Waals surface area contributed by atoms with Crippen LogP contribution in [0.1, 0.15) is 13.3 Å². The number of ether oxygens (including phenoxy) is 1. The van der Waals surface area contributed by atoms with Crippen LogP contribution in [0.3, 0.4) is 0 Å². The number of carbonyl (C=O) groups excluding carboxylic acids is 1. The summed E-state index contributed by atoms with van der Waals surface area (Å²) in [5, 5.41) is 0. The van der Waals surface area contributed by atoms with E-state index < -0.39 is 0 Å². The molecule has 0 N–H and O–H groups in total. The third kappa shape index (κ3) is 3.23. The van der Waals surface area contributed by atoms with Crippen molar-refractivity contribution in [2.45, 2.75) is 13.3 Å². The highest BCUT2D eigenvalue weighted by molar-refractivity contribution is 5.92. The average molecular weight is 212 g/mol. The first-order chi connectivity index (χ1) is 7.16. The van der Waals surface area contributed by atoms with Gasteiger partial charge in [0.1, 0.15) is 0 Å². The number of hydrogen-bond donors (Lipinski definition) is 0. The van der Waals surface area contributed by atoms with Gasteiger partial charge < -0.3 is 14.5 Å². The Labute approximate surface area is 91.5 Å². The summed E-state index contributed by atoms with van der Waals surface area (Å²) in [6.07, 6.45) is 2.87. The summed E-state index contributed by atoms with van der Waals surface area (Å²) in [4.78, 5) is 15.6. The van der Waals surface area contributed by atoms with Gasteiger partial charge in [-0.3, -0.25) is 4.79 Å². The van der Waals surface area contributed by atoms with Crippen molar-refractivity contribution in [3.63, 3.8) is 0 Å². The molecule has 1 heterocycles. The minimum Gasteiger partial charge on any atom is -0.378 e. The van der Waals surface area contributed by atoms with E-state index in [2.05, 4.69) is 4.90 Å². The van der Waals surface area contributed by atoms with Gasteiger partial charge in [0, 0.05) is 27.2 Å². The number of carbonyl (C=O) groups is 1. The average Bonchev–Trinajstić information content (AvgIpc) is 2.26. The van der Waals surface area contributed by atoms with Gasteiger partial charge in [-0.05, 0) is 6.42 Å². The lowest BCUT2D eigenvalue weighted by Crippen LogP contribution is -2.41. The fourth-order valence-corrected chi connectivity index (χ4v) is 1.58. The molecule has 0 aromatic carbocycles. The molecule has 1 saturated heterocycles. The molecule has 1 amide bonds. The molecular weight excluding hydrogens is 192 g/mol. The first-order valence-electron chi connectivity index (χ1n) is 5.41. The Kier molecular flexibility index (Phi) is 4.62. The lowest BCUT2D eigenvalue weighted by Gasteiger charge is -2.31. The van der Waals surface area contributed by atoms with Gasteiger partial charge in [0.05, 0.1) is 18.9 Å². The van der Waals surface area contributed by atoms with Crippen molar-refractivity contribution >= 4 is 5.91 Å². The lowest BCUT2D eigenvalue weighted by atomic mass is 10.2. The molecule has 15 heavy (non-hydrogen) atoms. The fraction of sp³-hybridized carbons (Fsp3) is 0.727. The maximum atomic E-state index is 11.9. The third-order valence-corrected chi connectivity index (χ3v) is 2.37. The molecule has 1 rings (SSSR count). The summed E-state index contributed by atoms with van der Waals surface area (Å²) < 4.78 is 5.27. The van der Waals surface area contributed by atoms with E-state index in [-0.39, 0.29) is 5.91 Å². The van der Waals surface area contributed by atoms with Crippen LogP contribution in [0.2, 0.25) is 0 Å². The Balaban J connectivity index is 2.72. The van der Waals surface area contributed by atoms with Crippen LogP contribution in [0.25, 0.3) is 0 Å². The summed E-state index contributed by atoms with van der Waals surface area (Å²) in [5.74, 6) is 0.0822. The largest absolute Gasteiger partial charge is 0.378 e. The monoisotopic (exact) mass is 212 g/mol. The van der Waals surface area contributed by atoms with Gasteiger partial charge in [-0.1, -0.05) is 13.0 Å². The molecule has 0 atom stereocenters. The van der Waals surface area contributed by atoms with Crippen molar-refractivity contribution in [3.8, 4) is 0 Å². The second kappa shape index (κ2) is 5.75.